The van der Waals surface area contributed by atoms with Crippen LogP contribution in [0.2, 0.25) is 0 Å². The maximum Gasteiger partial charge on any atom is 0.123 e. The van der Waals surface area contributed by atoms with Crippen molar-refractivity contribution >= 4 is 28.2 Å². The van der Waals surface area contributed by atoms with Gasteiger partial charge < -0.3 is 9.47 Å². The summed E-state index contributed by atoms with van der Waals surface area (Å²) in [5, 5.41) is 0. The second-order valence-corrected chi connectivity index (χ2v) is 4.88. The van der Waals surface area contributed by atoms with E-state index in [-0.39, 0.29) is 0 Å². The molecule has 0 bridgehead atoms. The van der Waals surface area contributed by atoms with E-state index in [0.29, 0.717) is 0 Å². The largest absolute Gasteiger partial charge is 0.497 e. The Balaban J connectivity index is 3.24. The molecule has 0 fully saturated rings. The summed E-state index contributed by atoms with van der Waals surface area (Å²) >= 11 is 2.32. The smallest absolute Gasteiger partial charge is 0.123 e. The molecule has 0 amide bonds. The lowest BCUT2D eigenvalue weighted by atomic mass is 10.1. The van der Waals surface area contributed by atoms with Crippen LogP contribution in [-0.4, -0.2) is 14.2 Å². The summed E-state index contributed by atoms with van der Waals surface area (Å²) < 4.78 is 11.7. The number of hydrogen-bond donors (Lipinski definition) is 0. The van der Waals surface area contributed by atoms with E-state index >= 15 is 0 Å². The van der Waals surface area contributed by atoms with Crippen LogP contribution in [0.3, 0.4) is 0 Å². The lowest BCUT2D eigenvalue weighted by molar-refractivity contribution is 0.394. The summed E-state index contributed by atoms with van der Waals surface area (Å²) in [6.45, 7) is 4.18. The van der Waals surface area contributed by atoms with Gasteiger partial charge in [0.25, 0.3) is 0 Å². The summed E-state index contributed by atoms with van der Waals surface area (Å²) in [4.78, 5) is 0. The number of rotatable bonds is 3. The minimum absolute atomic E-state index is 0.821. The normalized spacial score (nSPS) is 12.1. The van der Waals surface area contributed by atoms with Crippen LogP contribution >= 0.6 is 22.6 Å². The molecule has 0 aliphatic rings. The van der Waals surface area contributed by atoms with Crippen LogP contribution in [0, 0.1) is 0 Å². The van der Waals surface area contributed by atoms with Crippen molar-refractivity contribution in [1.82, 2.24) is 0 Å². The van der Waals surface area contributed by atoms with Crippen LogP contribution in [0.5, 0.6) is 11.5 Å². The van der Waals surface area contributed by atoms with Gasteiger partial charge in [-0.25, -0.2) is 0 Å². The van der Waals surface area contributed by atoms with Crippen molar-refractivity contribution in [2.45, 2.75) is 13.8 Å². The third-order valence-electron chi connectivity index (χ3n) is 2.30. The molecule has 0 saturated carbocycles. The highest BCUT2D eigenvalue weighted by Gasteiger charge is 2.04. The van der Waals surface area contributed by atoms with Gasteiger partial charge in [-0.05, 0) is 63.3 Å². The van der Waals surface area contributed by atoms with Crippen LogP contribution in [0.4, 0.5) is 0 Å². The second kappa shape index (κ2) is 5.39. The van der Waals surface area contributed by atoms with Crippen LogP contribution in [0.15, 0.2) is 21.8 Å². The van der Waals surface area contributed by atoms with Gasteiger partial charge in [0.2, 0.25) is 0 Å². The van der Waals surface area contributed by atoms with Crippen LogP contribution in [0.1, 0.15) is 19.4 Å². The molecule has 82 valence electrons. The SMILES string of the molecule is COc1cc(OC)cc(C(C)=C(C)I)c1. The quantitative estimate of drug-likeness (QED) is 0.787. The molecule has 0 aliphatic heterocycles. The molecule has 2 nitrogen and oxygen atoms in total. The summed E-state index contributed by atoms with van der Waals surface area (Å²) in [7, 11) is 3.32. The van der Waals surface area contributed by atoms with E-state index in [1.807, 2.05) is 18.2 Å². The molecule has 0 saturated heterocycles. The van der Waals surface area contributed by atoms with E-state index in [0.717, 1.165) is 17.1 Å². The zero-order chi connectivity index (χ0) is 11.4. The summed E-state index contributed by atoms with van der Waals surface area (Å²) in [6.07, 6.45) is 0. The highest BCUT2D eigenvalue weighted by atomic mass is 127. The van der Waals surface area contributed by atoms with E-state index in [2.05, 4.69) is 36.4 Å². The monoisotopic (exact) mass is 318 g/mol. The Morgan fingerprint density at radius 2 is 1.47 bits per heavy atom. The van der Waals surface area contributed by atoms with Crippen molar-refractivity contribution in [2.75, 3.05) is 14.2 Å². The van der Waals surface area contributed by atoms with Crippen molar-refractivity contribution < 1.29 is 9.47 Å². The fourth-order valence-electron chi connectivity index (χ4n) is 1.22. The van der Waals surface area contributed by atoms with Crippen LogP contribution in [0.25, 0.3) is 5.57 Å². The zero-order valence-electron chi connectivity index (χ0n) is 9.43. The Hall–Kier alpha value is -0.710. The number of hydrogen-bond acceptors (Lipinski definition) is 2. The maximum atomic E-state index is 5.22. The molecule has 1 aromatic carbocycles. The molecule has 0 heterocycles. The Morgan fingerprint density at radius 1 is 1.00 bits per heavy atom. The average Bonchev–Trinajstić information content (AvgIpc) is 2.27. The maximum absolute atomic E-state index is 5.22. The van der Waals surface area contributed by atoms with E-state index in [9.17, 15) is 0 Å². The van der Waals surface area contributed by atoms with Gasteiger partial charge in [0.1, 0.15) is 11.5 Å². The molecule has 1 aromatic rings. The van der Waals surface area contributed by atoms with Crippen molar-refractivity contribution in [3.63, 3.8) is 0 Å². The molecule has 0 aromatic heterocycles. The lowest BCUT2D eigenvalue weighted by Gasteiger charge is -2.09. The minimum atomic E-state index is 0.821. The molecule has 3 heteroatoms. The molecular weight excluding hydrogens is 303 g/mol. The molecule has 1 rings (SSSR count). The Kier molecular flexibility index (Phi) is 4.45. The fraction of sp³-hybridized carbons (Fsp3) is 0.333. The number of halogens is 1. The zero-order valence-corrected chi connectivity index (χ0v) is 11.6. The van der Waals surface area contributed by atoms with Crippen molar-refractivity contribution in [3.05, 3.63) is 27.3 Å². The first-order chi connectivity index (χ1) is 7.08. The molecule has 0 N–H and O–H groups in total. The van der Waals surface area contributed by atoms with Crippen molar-refractivity contribution in [1.29, 1.82) is 0 Å². The molecular formula is C12H15IO2. The van der Waals surface area contributed by atoms with Gasteiger partial charge in [-0.3, -0.25) is 0 Å². The van der Waals surface area contributed by atoms with E-state index in [4.69, 9.17) is 9.47 Å². The van der Waals surface area contributed by atoms with Gasteiger partial charge in [0, 0.05) is 6.07 Å². The van der Waals surface area contributed by atoms with Gasteiger partial charge in [0.15, 0.2) is 0 Å². The lowest BCUT2D eigenvalue weighted by Crippen LogP contribution is -1.90. The Bertz CT molecular complexity index is 357. The first kappa shape index (κ1) is 12.4. The van der Waals surface area contributed by atoms with E-state index in [1.165, 1.54) is 9.15 Å². The summed E-state index contributed by atoms with van der Waals surface area (Å²) in [6, 6.07) is 5.90. The van der Waals surface area contributed by atoms with Gasteiger partial charge in [-0.2, -0.15) is 0 Å². The Labute approximate surface area is 104 Å². The van der Waals surface area contributed by atoms with E-state index in [1.54, 1.807) is 14.2 Å². The number of allylic oxidation sites excluding steroid dienone is 2. The molecule has 0 unspecified atom stereocenters. The molecule has 0 radical (unpaired) electrons. The minimum Gasteiger partial charge on any atom is -0.497 e. The third kappa shape index (κ3) is 3.12. The number of ether oxygens (including phenoxy) is 2. The van der Waals surface area contributed by atoms with Crippen molar-refractivity contribution in [2.24, 2.45) is 0 Å². The molecule has 15 heavy (non-hydrogen) atoms. The fourth-order valence-corrected chi connectivity index (χ4v) is 1.53. The van der Waals surface area contributed by atoms with Gasteiger partial charge in [-0.1, -0.05) is 0 Å². The highest BCUT2D eigenvalue weighted by Crippen LogP contribution is 2.29. The van der Waals surface area contributed by atoms with Gasteiger partial charge >= 0.3 is 0 Å². The topological polar surface area (TPSA) is 18.5 Å². The molecule has 0 spiro atoms. The predicted octanol–water partition coefficient (Wildman–Crippen LogP) is 3.89. The highest BCUT2D eigenvalue weighted by molar-refractivity contribution is 14.1. The second-order valence-electron chi connectivity index (χ2n) is 3.26. The van der Waals surface area contributed by atoms with Gasteiger partial charge in [-0.15, -0.1) is 0 Å². The van der Waals surface area contributed by atoms with Crippen molar-refractivity contribution in [3.8, 4) is 11.5 Å². The summed E-state index contributed by atoms with van der Waals surface area (Å²) in [5.74, 6) is 1.64. The Morgan fingerprint density at radius 3 is 1.80 bits per heavy atom. The molecule has 0 atom stereocenters. The summed E-state index contributed by atoms with van der Waals surface area (Å²) in [5.41, 5.74) is 2.38. The van der Waals surface area contributed by atoms with E-state index < -0.39 is 0 Å². The predicted molar refractivity (Wildman–Crippen MR) is 71.8 cm³/mol. The third-order valence-corrected chi connectivity index (χ3v) is 3.11. The average molecular weight is 318 g/mol. The van der Waals surface area contributed by atoms with Crippen LogP contribution in [-0.2, 0) is 0 Å². The first-order valence-electron chi connectivity index (χ1n) is 4.65. The number of methoxy groups -OCH3 is 2. The first-order valence-corrected chi connectivity index (χ1v) is 5.72. The number of benzene rings is 1. The molecule has 0 aliphatic carbocycles. The standard InChI is InChI=1S/C12H15IO2/c1-8(9(2)13)10-5-11(14-3)7-12(6-10)15-4/h5-7H,1-4H3. The van der Waals surface area contributed by atoms with Gasteiger partial charge in [0.05, 0.1) is 14.2 Å². The van der Waals surface area contributed by atoms with Crippen LogP contribution < -0.4 is 9.47 Å².